The molecule has 0 N–H and O–H groups in total. The van der Waals surface area contributed by atoms with Gasteiger partial charge >= 0.3 is 0 Å². The van der Waals surface area contributed by atoms with Gasteiger partial charge in [-0.3, -0.25) is 4.99 Å². The number of nitrogens with zero attached hydrogens (tertiary/aromatic N) is 3. The monoisotopic (exact) mass is 273 g/mol. The molecule has 4 nitrogen and oxygen atoms in total. The molecule has 1 aromatic carbocycles. The second kappa shape index (κ2) is 5.48. The molecular formula is C14H15N3OS. The molecular weight excluding hydrogens is 258 g/mol. The van der Waals surface area contributed by atoms with Crippen molar-refractivity contribution in [2.45, 2.75) is 6.92 Å². The van der Waals surface area contributed by atoms with Gasteiger partial charge in [0.1, 0.15) is 11.5 Å². The molecule has 3 rings (SSSR count). The number of hydrogen-bond donors (Lipinski definition) is 0. The Labute approximate surface area is 117 Å². The number of amidine groups is 1. The smallest absolute Gasteiger partial charge is 0.167 e. The summed E-state index contributed by atoms with van der Waals surface area (Å²) < 4.78 is 9.97. The molecule has 0 aliphatic carbocycles. The van der Waals surface area contributed by atoms with Gasteiger partial charge in [0.15, 0.2) is 5.84 Å². The molecule has 0 atom stereocenters. The standard InChI is InChI=1S/C14H15N3OS/c1-2-18-12-5-3-11(4-6-12)13-14-16-19-10-9-17(14)8-7-15-13/h3-8H,2,9-10H2,1H3. The molecule has 0 saturated heterocycles. The van der Waals surface area contributed by atoms with Gasteiger partial charge in [0.2, 0.25) is 0 Å². The normalized spacial score (nSPS) is 17.6. The lowest BCUT2D eigenvalue weighted by Gasteiger charge is -2.28. The van der Waals surface area contributed by atoms with Crippen LogP contribution in [0.25, 0.3) is 0 Å². The van der Waals surface area contributed by atoms with Gasteiger partial charge in [-0.05, 0) is 43.1 Å². The third-order valence-corrected chi connectivity index (χ3v) is 3.61. The van der Waals surface area contributed by atoms with Crippen LogP contribution in [0.3, 0.4) is 0 Å². The third-order valence-electron chi connectivity index (χ3n) is 2.95. The lowest BCUT2D eigenvalue weighted by molar-refractivity contribution is 0.340. The zero-order chi connectivity index (χ0) is 13.1. The quantitative estimate of drug-likeness (QED) is 0.795. The zero-order valence-corrected chi connectivity index (χ0v) is 11.6. The minimum absolute atomic E-state index is 0.681. The topological polar surface area (TPSA) is 37.2 Å². The van der Waals surface area contributed by atoms with Crippen LogP contribution in [0, 0.1) is 0 Å². The van der Waals surface area contributed by atoms with E-state index in [1.165, 1.54) is 0 Å². The van der Waals surface area contributed by atoms with Crippen LogP contribution in [-0.2, 0) is 0 Å². The average molecular weight is 273 g/mol. The summed E-state index contributed by atoms with van der Waals surface area (Å²) >= 11 is 1.60. The van der Waals surface area contributed by atoms with Crippen LogP contribution in [0.1, 0.15) is 12.5 Å². The van der Waals surface area contributed by atoms with Gasteiger partial charge < -0.3 is 9.64 Å². The van der Waals surface area contributed by atoms with Crippen molar-refractivity contribution in [2.75, 3.05) is 18.9 Å². The van der Waals surface area contributed by atoms with Crippen molar-refractivity contribution >= 4 is 23.5 Å². The molecule has 0 amide bonds. The summed E-state index contributed by atoms with van der Waals surface area (Å²) in [5, 5.41) is 0. The van der Waals surface area contributed by atoms with Crippen LogP contribution in [0.5, 0.6) is 5.75 Å². The molecule has 0 radical (unpaired) electrons. The van der Waals surface area contributed by atoms with Crippen molar-refractivity contribution in [3.8, 4) is 5.75 Å². The van der Waals surface area contributed by atoms with Crippen LogP contribution < -0.4 is 4.74 Å². The highest BCUT2D eigenvalue weighted by Crippen LogP contribution is 2.21. The van der Waals surface area contributed by atoms with E-state index in [4.69, 9.17) is 4.74 Å². The molecule has 5 heteroatoms. The van der Waals surface area contributed by atoms with Gasteiger partial charge in [0, 0.05) is 30.3 Å². The molecule has 0 bridgehead atoms. The molecule has 0 spiro atoms. The van der Waals surface area contributed by atoms with Gasteiger partial charge in [-0.1, -0.05) is 0 Å². The van der Waals surface area contributed by atoms with Crippen LogP contribution in [0.2, 0.25) is 0 Å². The minimum Gasteiger partial charge on any atom is -0.494 e. The Morgan fingerprint density at radius 2 is 2.16 bits per heavy atom. The fourth-order valence-electron chi connectivity index (χ4n) is 2.05. The number of hydrogen-bond acceptors (Lipinski definition) is 5. The van der Waals surface area contributed by atoms with Crippen LogP contribution in [0.15, 0.2) is 46.1 Å². The summed E-state index contributed by atoms with van der Waals surface area (Å²) in [6.45, 7) is 3.64. The summed E-state index contributed by atoms with van der Waals surface area (Å²) in [5.74, 6) is 2.85. The van der Waals surface area contributed by atoms with E-state index in [1.807, 2.05) is 43.6 Å². The number of aliphatic imine (C=N–C) groups is 1. The Morgan fingerprint density at radius 1 is 1.32 bits per heavy atom. The van der Waals surface area contributed by atoms with E-state index >= 15 is 0 Å². The summed E-state index contributed by atoms with van der Waals surface area (Å²) in [7, 11) is 0. The van der Waals surface area contributed by atoms with Crippen LogP contribution in [0.4, 0.5) is 0 Å². The lowest BCUT2D eigenvalue weighted by Crippen LogP contribution is -2.38. The SMILES string of the molecule is CCOc1ccc(C2=NC=CN3CCSN=C23)cc1. The summed E-state index contributed by atoms with van der Waals surface area (Å²) in [4.78, 5) is 6.62. The summed E-state index contributed by atoms with van der Waals surface area (Å²) in [6, 6.07) is 8.01. The van der Waals surface area contributed by atoms with Gasteiger partial charge in [0.05, 0.1) is 6.61 Å². The van der Waals surface area contributed by atoms with Gasteiger partial charge in [0.25, 0.3) is 0 Å². The van der Waals surface area contributed by atoms with E-state index < -0.39 is 0 Å². The molecule has 2 aliphatic rings. The molecule has 2 aliphatic heterocycles. The largest absolute Gasteiger partial charge is 0.494 e. The highest BCUT2D eigenvalue weighted by Gasteiger charge is 2.22. The van der Waals surface area contributed by atoms with Crippen molar-refractivity contribution in [2.24, 2.45) is 9.39 Å². The van der Waals surface area contributed by atoms with Crippen molar-refractivity contribution in [3.05, 3.63) is 42.2 Å². The second-order valence-corrected chi connectivity index (χ2v) is 5.02. The van der Waals surface area contributed by atoms with E-state index in [2.05, 4.69) is 14.3 Å². The Hall–Kier alpha value is -1.75. The Morgan fingerprint density at radius 3 is 2.95 bits per heavy atom. The Bertz CT molecular complexity index is 548. The van der Waals surface area contributed by atoms with Crippen molar-refractivity contribution in [1.82, 2.24) is 4.90 Å². The molecule has 98 valence electrons. The maximum atomic E-state index is 5.46. The fraction of sp³-hybridized carbons (Fsp3) is 0.286. The highest BCUT2D eigenvalue weighted by atomic mass is 32.2. The molecule has 0 unspecified atom stereocenters. The number of benzene rings is 1. The van der Waals surface area contributed by atoms with Gasteiger partial charge in [-0.15, -0.1) is 0 Å². The van der Waals surface area contributed by atoms with Gasteiger partial charge in [-0.25, -0.2) is 0 Å². The van der Waals surface area contributed by atoms with Gasteiger partial charge in [-0.2, -0.15) is 4.40 Å². The zero-order valence-electron chi connectivity index (χ0n) is 10.7. The predicted octanol–water partition coefficient (Wildman–Crippen LogP) is 2.72. The molecule has 2 heterocycles. The van der Waals surface area contributed by atoms with E-state index in [-0.39, 0.29) is 0 Å². The van der Waals surface area contributed by atoms with Crippen LogP contribution in [-0.4, -0.2) is 35.4 Å². The third kappa shape index (κ3) is 2.51. The average Bonchev–Trinajstić information content (AvgIpc) is 2.48. The first kappa shape index (κ1) is 12.3. The second-order valence-electron chi connectivity index (χ2n) is 4.17. The van der Waals surface area contributed by atoms with E-state index in [0.29, 0.717) is 6.61 Å². The summed E-state index contributed by atoms with van der Waals surface area (Å²) in [6.07, 6.45) is 3.82. The lowest BCUT2D eigenvalue weighted by atomic mass is 10.1. The summed E-state index contributed by atoms with van der Waals surface area (Å²) in [5.41, 5.74) is 2.00. The van der Waals surface area contributed by atoms with E-state index in [9.17, 15) is 0 Å². The Kier molecular flexibility index (Phi) is 3.55. The van der Waals surface area contributed by atoms with Crippen molar-refractivity contribution in [1.29, 1.82) is 0 Å². The molecule has 19 heavy (non-hydrogen) atoms. The number of fused-ring (bicyclic) bond motifs is 1. The predicted molar refractivity (Wildman–Crippen MR) is 79.9 cm³/mol. The van der Waals surface area contributed by atoms with Crippen molar-refractivity contribution < 1.29 is 4.74 Å². The first-order valence-corrected chi connectivity index (χ1v) is 7.27. The molecule has 0 aromatic heterocycles. The first-order chi connectivity index (χ1) is 9.38. The maximum Gasteiger partial charge on any atom is 0.167 e. The van der Waals surface area contributed by atoms with E-state index in [0.717, 1.165) is 35.2 Å². The number of rotatable bonds is 3. The Balaban J connectivity index is 1.90. The molecule has 0 saturated carbocycles. The van der Waals surface area contributed by atoms with Crippen LogP contribution >= 0.6 is 11.9 Å². The molecule has 0 fully saturated rings. The van der Waals surface area contributed by atoms with Crippen molar-refractivity contribution in [3.63, 3.8) is 0 Å². The van der Waals surface area contributed by atoms with E-state index in [1.54, 1.807) is 11.9 Å². The highest BCUT2D eigenvalue weighted by molar-refractivity contribution is 7.98. The fourth-order valence-corrected chi connectivity index (χ4v) is 2.74. The minimum atomic E-state index is 0.681. The first-order valence-electron chi connectivity index (χ1n) is 6.33. The molecule has 1 aromatic rings. The maximum absolute atomic E-state index is 5.46. The number of ether oxygens (including phenoxy) is 1.